The molecule has 0 aliphatic carbocycles. The first kappa shape index (κ1) is 8.31. The van der Waals surface area contributed by atoms with Gasteiger partial charge in [0.2, 0.25) is 6.79 Å². The maximum Gasteiger partial charge on any atom is 0.231 e. The number of rotatable bonds is 2. The Labute approximate surface area is 75.3 Å². The lowest BCUT2D eigenvalue weighted by Gasteiger charge is -2.07. The second kappa shape index (κ2) is 3.22. The summed E-state index contributed by atoms with van der Waals surface area (Å²) < 4.78 is 22.5. The molecule has 0 radical (unpaired) electrons. The zero-order valence-corrected chi connectivity index (χ0v) is 7.00. The van der Waals surface area contributed by atoms with Gasteiger partial charge in [-0.2, -0.15) is 0 Å². The quantitative estimate of drug-likeness (QED) is 0.753. The standard InChI is InChI=1S/C9H10FNO2/c10-4-7(11)6-1-2-8-9(3-6)13-5-12-8/h1-3,7H,4-5,11H2/t7-/m1/s1. The van der Waals surface area contributed by atoms with Gasteiger partial charge in [0.05, 0.1) is 6.04 Å². The monoisotopic (exact) mass is 183 g/mol. The van der Waals surface area contributed by atoms with Crippen LogP contribution in [0, 0.1) is 0 Å². The summed E-state index contributed by atoms with van der Waals surface area (Å²) in [6, 6.07) is 4.63. The third-order valence-electron chi connectivity index (χ3n) is 1.99. The van der Waals surface area contributed by atoms with Crippen molar-refractivity contribution >= 4 is 0 Å². The van der Waals surface area contributed by atoms with Crippen LogP contribution in [0.1, 0.15) is 11.6 Å². The number of fused-ring (bicyclic) bond motifs is 1. The Bertz CT molecular complexity index is 316. The lowest BCUT2D eigenvalue weighted by atomic mass is 10.1. The zero-order chi connectivity index (χ0) is 9.26. The van der Waals surface area contributed by atoms with Gasteiger partial charge in [0.15, 0.2) is 11.5 Å². The van der Waals surface area contributed by atoms with Gasteiger partial charge in [-0.05, 0) is 17.7 Å². The first-order valence-corrected chi connectivity index (χ1v) is 4.02. The summed E-state index contributed by atoms with van der Waals surface area (Å²) in [7, 11) is 0. The topological polar surface area (TPSA) is 44.5 Å². The molecular weight excluding hydrogens is 173 g/mol. The smallest absolute Gasteiger partial charge is 0.231 e. The predicted molar refractivity (Wildman–Crippen MR) is 45.5 cm³/mol. The lowest BCUT2D eigenvalue weighted by Crippen LogP contribution is -2.11. The molecule has 0 aromatic heterocycles. The van der Waals surface area contributed by atoms with Crippen molar-refractivity contribution < 1.29 is 13.9 Å². The van der Waals surface area contributed by atoms with Crippen molar-refractivity contribution in [3.8, 4) is 11.5 Å². The molecule has 2 rings (SSSR count). The molecule has 0 spiro atoms. The normalized spacial score (nSPS) is 15.8. The minimum absolute atomic E-state index is 0.226. The van der Waals surface area contributed by atoms with Crippen LogP contribution in [-0.4, -0.2) is 13.5 Å². The molecule has 0 amide bonds. The van der Waals surface area contributed by atoms with Gasteiger partial charge in [-0.3, -0.25) is 0 Å². The minimum Gasteiger partial charge on any atom is -0.454 e. The maximum absolute atomic E-state index is 12.2. The van der Waals surface area contributed by atoms with Crippen molar-refractivity contribution in [2.75, 3.05) is 13.5 Å². The number of alkyl halides is 1. The van der Waals surface area contributed by atoms with E-state index in [4.69, 9.17) is 15.2 Å². The van der Waals surface area contributed by atoms with E-state index in [0.29, 0.717) is 11.5 Å². The SMILES string of the molecule is N[C@H](CF)c1ccc2c(c1)OCO2. The molecule has 1 aliphatic rings. The van der Waals surface area contributed by atoms with Gasteiger partial charge in [0.1, 0.15) is 6.67 Å². The highest BCUT2D eigenvalue weighted by Crippen LogP contribution is 2.33. The first-order chi connectivity index (χ1) is 6.31. The molecule has 0 saturated heterocycles. The van der Waals surface area contributed by atoms with Crippen LogP contribution in [0.15, 0.2) is 18.2 Å². The van der Waals surface area contributed by atoms with Gasteiger partial charge in [-0.25, -0.2) is 4.39 Å². The summed E-state index contributed by atoms with van der Waals surface area (Å²) in [6.45, 7) is -0.344. The molecule has 70 valence electrons. The average molecular weight is 183 g/mol. The molecule has 1 aromatic carbocycles. The molecule has 0 unspecified atom stereocenters. The maximum atomic E-state index is 12.2. The highest BCUT2D eigenvalue weighted by molar-refractivity contribution is 5.45. The summed E-state index contributed by atoms with van der Waals surface area (Å²) in [5.41, 5.74) is 6.25. The Morgan fingerprint density at radius 1 is 1.38 bits per heavy atom. The molecular formula is C9H10FNO2. The molecule has 1 aliphatic heterocycles. The fourth-order valence-electron chi connectivity index (χ4n) is 1.23. The van der Waals surface area contributed by atoms with E-state index in [-0.39, 0.29) is 6.79 Å². The van der Waals surface area contributed by atoms with Crippen LogP contribution >= 0.6 is 0 Å². The van der Waals surface area contributed by atoms with E-state index in [0.717, 1.165) is 5.56 Å². The highest BCUT2D eigenvalue weighted by Gasteiger charge is 2.15. The summed E-state index contributed by atoms with van der Waals surface area (Å²) in [4.78, 5) is 0. The van der Waals surface area contributed by atoms with Gasteiger partial charge >= 0.3 is 0 Å². The van der Waals surface area contributed by atoms with Crippen molar-refractivity contribution in [2.45, 2.75) is 6.04 Å². The second-order valence-corrected chi connectivity index (χ2v) is 2.87. The van der Waals surface area contributed by atoms with E-state index < -0.39 is 12.7 Å². The number of halogens is 1. The van der Waals surface area contributed by atoms with Crippen LogP contribution in [0.5, 0.6) is 11.5 Å². The highest BCUT2D eigenvalue weighted by atomic mass is 19.1. The molecule has 13 heavy (non-hydrogen) atoms. The van der Waals surface area contributed by atoms with E-state index in [1.54, 1.807) is 18.2 Å². The van der Waals surface area contributed by atoms with Crippen molar-refractivity contribution in [1.29, 1.82) is 0 Å². The molecule has 3 nitrogen and oxygen atoms in total. The molecule has 0 fully saturated rings. The third-order valence-corrected chi connectivity index (χ3v) is 1.99. The molecule has 4 heteroatoms. The molecule has 1 aromatic rings. The van der Waals surface area contributed by atoms with E-state index in [2.05, 4.69) is 0 Å². The molecule has 0 bridgehead atoms. The van der Waals surface area contributed by atoms with Gasteiger partial charge in [0, 0.05) is 0 Å². The van der Waals surface area contributed by atoms with E-state index in [1.165, 1.54) is 0 Å². The fourth-order valence-corrected chi connectivity index (χ4v) is 1.23. The summed E-state index contributed by atoms with van der Waals surface area (Å²) in [5.74, 6) is 1.33. The van der Waals surface area contributed by atoms with Crippen LogP contribution < -0.4 is 15.2 Å². The average Bonchev–Trinajstić information content (AvgIpc) is 2.63. The number of hydrogen-bond donors (Lipinski definition) is 1. The largest absolute Gasteiger partial charge is 0.454 e. The fraction of sp³-hybridized carbons (Fsp3) is 0.333. The third kappa shape index (κ3) is 1.45. The number of benzene rings is 1. The van der Waals surface area contributed by atoms with Crippen LogP contribution in [-0.2, 0) is 0 Å². The van der Waals surface area contributed by atoms with Gasteiger partial charge in [-0.1, -0.05) is 6.07 Å². The van der Waals surface area contributed by atoms with Gasteiger partial charge < -0.3 is 15.2 Å². The lowest BCUT2D eigenvalue weighted by molar-refractivity contribution is 0.174. The summed E-state index contributed by atoms with van der Waals surface area (Å²) in [6.07, 6.45) is 0. The Kier molecular flexibility index (Phi) is 2.06. The van der Waals surface area contributed by atoms with Crippen molar-refractivity contribution in [2.24, 2.45) is 5.73 Å². The van der Waals surface area contributed by atoms with Crippen LogP contribution in [0.4, 0.5) is 4.39 Å². The Morgan fingerprint density at radius 2 is 2.15 bits per heavy atom. The zero-order valence-electron chi connectivity index (χ0n) is 7.00. The van der Waals surface area contributed by atoms with Gasteiger partial charge in [0.25, 0.3) is 0 Å². The van der Waals surface area contributed by atoms with E-state index >= 15 is 0 Å². The van der Waals surface area contributed by atoms with Crippen molar-refractivity contribution in [3.63, 3.8) is 0 Å². The summed E-state index contributed by atoms with van der Waals surface area (Å²) in [5, 5.41) is 0. The Morgan fingerprint density at radius 3 is 2.92 bits per heavy atom. The van der Waals surface area contributed by atoms with Crippen LogP contribution in [0.3, 0.4) is 0 Å². The van der Waals surface area contributed by atoms with Crippen LogP contribution in [0.2, 0.25) is 0 Å². The molecule has 1 heterocycles. The van der Waals surface area contributed by atoms with Gasteiger partial charge in [-0.15, -0.1) is 0 Å². The van der Waals surface area contributed by atoms with Crippen molar-refractivity contribution in [1.82, 2.24) is 0 Å². The number of nitrogens with two attached hydrogens (primary N) is 1. The first-order valence-electron chi connectivity index (χ1n) is 4.02. The molecule has 1 atom stereocenters. The number of hydrogen-bond acceptors (Lipinski definition) is 3. The molecule has 0 saturated carbocycles. The second-order valence-electron chi connectivity index (χ2n) is 2.87. The molecule has 2 N–H and O–H groups in total. The van der Waals surface area contributed by atoms with E-state index in [9.17, 15) is 4.39 Å². The predicted octanol–water partition coefficient (Wildman–Crippen LogP) is 1.38. The number of ether oxygens (including phenoxy) is 2. The minimum atomic E-state index is -0.575. The Hall–Kier alpha value is -1.29. The van der Waals surface area contributed by atoms with Crippen LogP contribution in [0.25, 0.3) is 0 Å². The Balaban J connectivity index is 2.30. The van der Waals surface area contributed by atoms with E-state index in [1.807, 2.05) is 0 Å². The van der Waals surface area contributed by atoms with Crippen molar-refractivity contribution in [3.05, 3.63) is 23.8 Å². The summed E-state index contributed by atoms with van der Waals surface area (Å²) >= 11 is 0.